The number of rotatable bonds is 4. The Labute approximate surface area is 119 Å². The fraction of sp³-hybridized carbons (Fsp3) is 0.333. The van der Waals surface area contributed by atoms with Crippen LogP contribution in [-0.4, -0.2) is 40.5 Å². The highest BCUT2D eigenvalue weighted by Crippen LogP contribution is 2.11. The number of nitrogens with one attached hydrogen (secondary N) is 1. The van der Waals surface area contributed by atoms with Crippen molar-refractivity contribution in [3.8, 4) is 0 Å². The Morgan fingerprint density at radius 2 is 2.10 bits per heavy atom. The third-order valence-corrected chi connectivity index (χ3v) is 3.53. The van der Waals surface area contributed by atoms with Crippen LogP contribution in [0.25, 0.3) is 0 Å². The number of nitrogens with zero attached hydrogens (tertiary/aromatic N) is 4. The van der Waals surface area contributed by atoms with Crippen LogP contribution in [0, 0.1) is 0 Å². The summed E-state index contributed by atoms with van der Waals surface area (Å²) >= 11 is 0. The highest BCUT2D eigenvalue weighted by molar-refractivity contribution is 5.81. The van der Waals surface area contributed by atoms with E-state index in [0.717, 1.165) is 32.1 Å². The van der Waals surface area contributed by atoms with Gasteiger partial charge in [-0.1, -0.05) is 24.3 Å². The lowest BCUT2D eigenvalue weighted by atomic mass is 10.1. The van der Waals surface area contributed by atoms with Crippen LogP contribution in [0.1, 0.15) is 11.1 Å². The molecule has 0 radical (unpaired) electrons. The van der Waals surface area contributed by atoms with Crippen LogP contribution in [0.3, 0.4) is 0 Å². The summed E-state index contributed by atoms with van der Waals surface area (Å²) in [5.41, 5.74) is 2.60. The maximum absolute atomic E-state index is 4.45. The van der Waals surface area contributed by atoms with Crippen molar-refractivity contribution < 1.29 is 0 Å². The second-order valence-corrected chi connectivity index (χ2v) is 4.98. The van der Waals surface area contributed by atoms with E-state index in [1.807, 2.05) is 18.7 Å². The summed E-state index contributed by atoms with van der Waals surface area (Å²) in [6.45, 7) is 3.53. The highest BCUT2D eigenvalue weighted by Gasteiger charge is 2.12. The first-order valence-electron chi connectivity index (χ1n) is 6.85. The maximum atomic E-state index is 4.45. The number of benzene rings is 1. The standard InChI is InChI=1S/C15H19N5/c1-19-8-7-17-15(19)18-10-13-4-2-3-5-14(13)11-20-9-6-16-12-20/h2-6,9,12H,7-8,10-11H2,1H3,(H,17,18). The van der Waals surface area contributed by atoms with Crippen LogP contribution in [0.4, 0.5) is 0 Å². The Kier molecular flexibility index (Phi) is 3.67. The van der Waals surface area contributed by atoms with E-state index in [1.54, 1.807) is 0 Å². The van der Waals surface area contributed by atoms with E-state index in [0.29, 0.717) is 0 Å². The zero-order valence-corrected chi connectivity index (χ0v) is 11.7. The van der Waals surface area contributed by atoms with E-state index < -0.39 is 0 Å². The average molecular weight is 269 g/mol. The third kappa shape index (κ3) is 2.82. The predicted octanol–water partition coefficient (Wildman–Crippen LogP) is 1.32. The molecule has 2 heterocycles. The number of hydrogen-bond acceptors (Lipinski definition) is 4. The van der Waals surface area contributed by atoms with E-state index in [1.165, 1.54) is 11.1 Å². The van der Waals surface area contributed by atoms with Crippen molar-refractivity contribution in [2.45, 2.75) is 13.1 Å². The number of guanidine groups is 1. The molecule has 1 aliphatic heterocycles. The van der Waals surface area contributed by atoms with Gasteiger partial charge in [-0.15, -0.1) is 0 Å². The van der Waals surface area contributed by atoms with Crippen molar-refractivity contribution in [1.29, 1.82) is 0 Å². The number of imidazole rings is 1. The Bertz CT molecular complexity index is 588. The molecule has 104 valence electrons. The first-order chi connectivity index (χ1) is 9.83. The van der Waals surface area contributed by atoms with Crippen molar-refractivity contribution in [3.63, 3.8) is 0 Å². The van der Waals surface area contributed by atoms with Gasteiger partial charge in [-0.2, -0.15) is 0 Å². The van der Waals surface area contributed by atoms with E-state index in [9.17, 15) is 0 Å². The summed E-state index contributed by atoms with van der Waals surface area (Å²) in [7, 11) is 2.07. The second-order valence-electron chi connectivity index (χ2n) is 4.98. The summed E-state index contributed by atoms with van der Waals surface area (Å²) in [4.78, 5) is 10.7. The first kappa shape index (κ1) is 12.7. The van der Waals surface area contributed by atoms with Gasteiger partial charge in [0.1, 0.15) is 0 Å². The largest absolute Gasteiger partial charge is 0.352 e. The Morgan fingerprint density at radius 1 is 1.25 bits per heavy atom. The predicted molar refractivity (Wildman–Crippen MR) is 79.5 cm³/mol. The van der Waals surface area contributed by atoms with Gasteiger partial charge >= 0.3 is 0 Å². The summed E-state index contributed by atoms with van der Waals surface area (Å²) in [5.74, 6) is 0.988. The van der Waals surface area contributed by atoms with Crippen LogP contribution >= 0.6 is 0 Å². The van der Waals surface area contributed by atoms with Crippen molar-refractivity contribution >= 4 is 5.96 Å². The van der Waals surface area contributed by atoms with Gasteiger partial charge in [0.05, 0.1) is 12.9 Å². The molecular formula is C15H19N5. The van der Waals surface area contributed by atoms with Crippen molar-refractivity contribution in [1.82, 2.24) is 19.8 Å². The average Bonchev–Trinajstić information content (AvgIpc) is 3.10. The van der Waals surface area contributed by atoms with Gasteiger partial charge in [0.2, 0.25) is 0 Å². The minimum Gasteiger partial charge on any atom is -0.352 e. The third-order valence-electron chi connectivity index (χ3n) is 3.53. The lowest BCUT2D eigenvalue weighted by molar-refractivity contribution is 0.533. The van der Waals surface area contributed by atoms with Crippen LogP contribution in [0.2, 0.25) is 0 Å². The monoisotopic (exact) mass is 269 g/mol. The van der Waals surface area contributed by atoms with E-state index in [4.69, 9.17) is 0 Å². The maximum Gasteiger partial charge on any atom is 0.194 e. The molecule has 3 rings (SSSR count). The van der Waals surface area contributed by atoms with Gasteiger partial charge in [-0.25, -0.2) is 4.98 Å². The van der Waals surface area contributed by atoms with Gasteiger partial charge in [-0.05, 0) is 11.1 Å². The molecule has 1 aliphatic rings. The summed E-state index contributed by atoms with van der Waals surface area (Å²) < 4.78 is 2.08. The molecule has 0 unspecified atom stereocenters. The topological polar surface area (TPSA) is 45.5 Å². The molecule has 0 fully saturated rings. The molecule has 5 heteroatoms. The molecule has 0 atom stereocenters. The Hall–Kier alpha value is -2.30. The molecule has 0 saturated heterocycles. The smallest absolute Gasteiger partial charge is 0.194 e. The second kappa shape index (κ2) is 5.77. The van der Waals surface area contributed by atoms with E-state index >= 15 is 0 Å². The number of likely N-dealkylation sites (N-methyl/N-ethyl adjacent to an activating group) is 1. The number of hydrogen-bond donors (Lipinski definition) is 1. The van der Waals surface area contributed by atoms with Crippen LogP contribution in [-0.2, 0) is 13.1 Å². The summed E-state index contributed by atoms with van der Waals surface area (Å²) in [5, 5.41) is 3.42. The Morgan fingerprint density at radius 3 is 2.80 bits per heavy atom. The van der Waals surface area contributed by atoms with Crippen LogP contribution in [0.5, 0.6) is 0 Å². The molecule has 0 saturated carbocycles. The molecule has 1 aromatic carbocycles. The van der Waals surface area contributed by atoms with Crippen molar-refractivity contribution in [2.75, 3.05) is 20.1 Å². The molecular weight excluding hydrogens is 250 g/mol. The molecule has 0 spiro atoms. The van der Waals surface area contributed by atoms with Crippen molar-refractivity contribution in [3.05, 3.63) is 54.1 Å². The zero-order chi connectivity index (χ0) is 13.8. The summed E-state index contributed by atoms with van der Waals surface area (Å²) in [6, 6.07) is 8.48. The number of aromatic nitrogens is 2. The molecule has 0 bridgehead atoms. The van der Waals surface area contributed by atoms with E-state index in [-0.39, 0.29) is 0 Å². The minimum absolute atomic E-state index is 0.800. The lowest BCUT2D eigenvalue weighted by Gasteiger charge is -2.17. The first-order valence-corrected chi connectivity index (χ1v) is 6.85. The fourth-order valence-electron chi connectivity index (χ4n) is 2.36. The SMILES string of the molecule is CN1CCN=C1NCc1ccccc1Cn1ccnc1. The lowest BCUT2D eigenvalue weighted by Crippen LogP contribution is -2.35. The highest BCUT2D eigenvalue weighted by atomic mass is 15.3. The van der Waals surface area contributed by atoms with Gasteiger partial charge in [0.25, 0.3) is 0 Å². The fourth-order valence-corrected chi connectivity index (χ4v) is 2.36. The number of aliphatic imine (C=N–C) groups is 1. The quantitative estimate of drug-likeness (QED) is 0.910. The molecule has 1 aromatic heterocycles. The van der Waals surface area contributed by atoms with Crippen LogP contribution in [0.15, 0.2) is 48.0 Å². The van der Waals surface area contributed by atoms with Gasteiger partial charge in [-0.3, -0.25) is 4.99 Å². The van der Waals surface area contributed by atoms with Gasteiger partial charge < -0.3 is 14.8 Å². The Balaban J connectivity index is 1.69. The zero-order valence-electron chi connectivity index (χ0n) is 11.7. The molecule has 5 nitrogen and oxygen atoms in total. The summed E-state index contributed by atoms with van der Waals surface area (Å²) in [6.07, 6.45) is 5.64. The van der Waals surface area contributed by atoms with Gasteiger partial charge in [0, 0.05) is 39.1 Å². The molecule has 20 heavy (non-hydrogen) atoms. The van der Waals surface area contributed by atoms with E-state index in [2.05, 4.69) is 56.1 Å². The van der Waals surface area contributed by atoms with Crippen molar-refractivity contribution in [2.24, 2.45) is 4.99 Å². The van der Waals surface area contributed by atoms with Gasteiger partial charge in [0.15, 0.2) is 5.96 Å². The minimum atomic E-state index is 0.800. The normalized spacial score (nSPS) is 14.4. The molecule has 1 N–H and O–H groups in total. The van der Waals surface area contributed by atoms with Crippen LogP contribution < -0.4 is 5.32 Å². The molecule has 0 aliphatic carbocycles. The molecule has 2 aromatic rings. The molecule has 0 amide bonds.